The molecule has 1 saturated heterocycles. The molecule has 1 aliphatic rings. The van der Waals surface area contributed by atoms with E-state index in [-0.39, 0.29) is 17.8 Å². The van der Waals surface area contributed by atoms with Gasteiger partial charge in [0.2, 0.25) is 5.95 Å². The van der Waals surface area contributed by atoms with Crippen LogP contribution in [0.4, 0.5) is 24.9 Å². The molecule has 2 aromatic heterocycles. The zero-order valence-corrected chi connectivity index (χ0v) is 13.5. The Morgan fingerprint density at radius 2 is 2.00 bits per heavy atom. The van der Waals surface area contributed by atoms with Crippen molar-refractivity contribution in [3.05, 3.63) is 41.9 Å². The van der Waals surface area contributed by atoms with E-state index in [0.717, 1.165) is 24.6 Å². The molecule has 8 heteroatoms. The van der Waals surface area contributed by atoms with E-state index >= 15 is 0 Å². The number of anilines is 2. The summed E-state index contributed by atoms with van der Waals surface area (Å²) >= 11 is 0. The van der Waals surface area contributed by atoms with Gasteiger partial charge in [-0.15, -0.1) is 0 Å². The van der Waals surface area contributed by atoms with E-state index in [9.17, 15) is 13.2 Å². The topological polar surface area (TPSA) is 45.2 Å². The van der Waals surface area contributed by atoms with Crippen LogP contribution in [0.5, 0.6) is 0 Å². The van der Waals surface area contributed by atoms with Crippen molar-refractivity contribution in [2.45, 2.75) is 25.1 Å². The summed E-state index contributed by atoms with van der Waals surface area (Å²) in [4.78, 5) is 15.8. The molecule has 2 aromatic rings. The van der Waals surface area contributed by atoms with Crippen LogP contribution in [0.15, 0.2) is 30.5 Å². The Morgan fingerprint density at radius 3 is 2.62 bits per heavy atom. The van der Waals surface area contributed by atoms with E-state index in [1.54, 1.807) is 25.2 Å². The van der Waals surface area contributed by atoms with Crippen molar-refractivity contribution < 1.29 is 13.2 Å². The Kier molecular flexibility index (Phi) is 4.29. The Bertz CT molecular complexity index is 703. The minimum Gasteiger partial charge on any atom is -0.363 e. The zero-order valence-electron chi connectivity index (χ0n) is 13.5. The lowest BCUT2D eigenvalue weighted by Crippen LogP contribution is -2.27. The minimum atomic E-state index is -4.51. The second kappa shape index (κ2) is 6.26. The largest absolute Gasteiger partial charge is 0.433 e. The molecular formula is C16H18F3N5. The van der Waals surface area contributed by atoms with Crippen LogP contribution in [0, 0.1) is 0 Å². The third kappa shape index (κ3) is 3.27. The molecule has 1 atom stereocenters. The summed E-state index contributed by atoms with van der Waals surface area (Å²) in [6, 6.07) is 6.42. The standard InChI is InChI=1S/C16H18F3N5/c1-23(2)14-10-13(16(17,18)19)21-15(22-14)24-9-5-7-12(24)11-6-3-4-8-20-11/h3-4,6,8,10,12H,5,7,9H2,1-2H3. The number of nitrogens with zero attached hydrogens (tertiary/aromatic N) is 5. The molecule has 0 amide bonds. The van der Waals surface area contributed by atoms with Gasteiger partial charge in [-0.05, 0) is 25.0 Å². The monoisotopic (exact) mass is 337 g/mol. The number of pyridine rings is 1. The summed E-state index contributed by atoms with van der Waals surface area (Å²) in [5.74, 6) is 0.334. The van der Waals surface area contributed by atoms with Gasteiger partial charge in [0, 0.05) is 32.9 Å². The highest BCUT2D eigenvalue weighted by molar-refractivity contribution is 5.47. The molecule has 128 valence electrons. The quantitative estimate of drug-likeness (QED) is 0.860. The van der Waals surface area contributed by atoms with E-state index in [1.807, 2.05) is 23.1 Å². The van der Waals surface area contributed by atoms with Crippen molar-refractivity contribution in [3.63, 3.8) is 0 Å². The molecule has 3 rings (SSSR count). The van der Waals surface area contributed by atoms with E-state index in [0.29, 0.717) is 6.54 Å². The first-order valence-electron chi connectivity index (χ1n) is 7.67. The van der Waals surface area contributed by atoms with Crippen LogP contribution >= 0.6 is 0 Å². The first kappa shape index (κ1) is 16.5. The maximum atomic E-state index is 13.2. The number of rotatable bonds is 3. The Labute approximate surface area is 138 Å². The number of halogens is 3. The molecule has 0 saturated carbocycles. The summed E-state index contributed by atoms with van der Waals surface area (Å²) < 4.78 is 39.5. The molecule has 0 bridgehead atoms. The average Bonchev–Trinajstić information content (AvgIpc) is 3.04. The van der Waals surface area contributed by atoms with E-state index in [1.165, 1.54) is 0 Å². The first-order chi connectivity index (χ1) is 11.4. The highest BCUT2D eigenvalue weighted by Crippen LogP contribution is 2.36. The SMILES string of the molecule is CN(C)c1cc(C(F)(F)F)nc(N2CCCC2c2ccccn2)n1. The van der Waals surface area contributed by atoms with Crippen molar-refractivity contribution >= 4 is 11.8 Å². The van der Waals surface area contributed by atoms with E-state index in [4.69, 9.17) is 0 Å². The summed E-state index contributed by atoms with van der Waals surface area (Å²) in [7, 11) is 3.32. The van der Waals surface area contributed by atoms with Crippen LogP contribution in [0.3, 0.4) is 0 Å². The van der Waals surface area contributed by atoms with Crippen molar-refractivity contribution in [3.8, 4) is 0 Å². The van der Waals surface area contributed by atoms with Gasteiger partial charge < -0.3 is 9.80 Å². The second-order valence-corrected chi connectivity index (χ2v) is 5.91. The summed E-state index contributed by atoms with van der Waals surface area (Å²) in [5.41, 5.74) is -0.106. The Balaban J connectivity index is 2.02. The van der Waals surface area contributed by atoms with E-state index < -0.39 is 11.9 Å². The Morgan fingerprint density at radius 1 is 1.21 bits per heavy atom. The molecule has 24 heavy (non-hydrogen) atoms. The van der Waals surface area contributed by atoms with Crippen molar-refractivity contribution in [1.29, 1.82) is 0 Å². The van der Waals surface area contributed by atoms with Crippen LogP contribution in [0.25, 0.3) is 0 Å². The predicted molar refractivity (Wildman–Crippen MR) is 84.9 cm³/mol. The fourth-order valence-corrected chi connectivity index (χ4v) is 2.81. The maximum Gasteiger partial charge on any atom is 0.433 e. The van der Waals surface area contributed by atoms with Gasteiger partial charge in [-0.3, -0.25) is 4.98 Å². The third-order valence-electron chi connectivity index (χ3n) is 3.99. The molecule has 0 aromatic carbocycles. The fourth-order valence-electron chi connectivity index (χ4n) is 2.81. The third-order valence-corrected chi connectivity index (χ3v) is 3.99. The van der Waals surface area contributed by atoms with Gasteiger partial charge in [0.1, 0.15) is 5.82 Å². The predicted octanol–water partition coefficient (Wildman–Crippen LogP) is 3.30. The normalized spacial score (nSPS) is 18.0. The fraction of sp³-hybridized carbons (Fsp3) is 0.438. The van der Waals surface area contributed by atoms with Crippen LogP contribution in [-0.2, 0) is 6.18 Å². The number of hydrogen-bond donors (Lipinski definition) is 0. The van der Waals surface area contributed by atoms with Gasteiger partial charge in [-0.2, -0.15) is 18.2 Å². The summed E-state index contributed by atoms with van der Waals surface area (Å²) in [6.45, 7) is 0.607. The Hall–Kier alpha value is -2.38. The van der Waals surface area contributed by atoms with Crippen molar-refractivity contribution in [2.75, 3.05) is 30.4 Å². The lowest BCUT2D eigenvalue weighted by Gasteiger charge is -2.26. The van der Waals surface area contributed by atoms with Gasteiger partial charge in [-0.25, -0.2) is 4.98 Å². The molecule has 0 N–H and O–H groups in total. The van der Waals surface area contributed by atoms with E-state index in [2.05, 4.69) is 15.0 Å². The molecule has 3 heterocycles. The average molecular weight is 337 g/mol. The molecule has 5 nitrogen and oxygen atoms in total. The van der Waals surface area contributed by atoms with Gasteiger partial charge in [-0.1, -0.05) is 6.07 Å². The number of aromatic nitrogens is 3. The maximum absolute atomic E-state index is 13.2. The van der Waals surface area contributed by atoms with Crippen LogP contribution in [0.1, 0.15) is 30.3 Å². The molecule has 0 radical (unpaired) electrons. The highest BCUT2D eigenvalue weighted by atomic mass is 19.4. The number of alkyl halides is 3. The molecular weight excluding hydrogens is 319 g/mol. The molecule has 0 aliphatic carbocycles. The number of hydrogen-bond acceptors (Lipinski definition) is 5. The van der Waals surface area contributed by atoms with Crippen LogP contribution in [0.2, 0.25) is 0 Å². The summed E-state index contributed by atoms with van der Waals surface area (Å²) in [5, 5.41) is 0. The smallest absolute Gasteiger partial charge is 0.363 e. The van der Waals surface area contributed by atoms with Crippen LogP contribution < -0.4 is 9.80 Å². The molecule has 0 spiro atoms. The molecule has 1 fully saturated rings. The second-order valence-electron chi connectivity index (χ2n) is 5.91. The highest BCUT2D eigenvalue weighted by Gasteiger charge is 2.36. The van der Waals surface area contributed by atoms with Crippen molar-refractivity contribution in [2.24, 2.45) is 0 Å². The zero-order chi connectivity index (χ0) is 17.3. The molecule has 1 unspecified atom stereocenters. The van der Waals surface area contributed by atoms with Gasteiger partial charge in [0.05, 0.1) is 11.7 Å². The lowest BCUT2D eigenvalue weighted by atomic mass is 10.1. The van der Waals surface area contributed by atoms with Gasteiger partial charge in [0.25, 0.3) is 0 Å². The van der Waals surface area contributed by atoms with Crippen molar-refractivity contribution in [1.82, 2.24) is 15.0 Å². The lowest BCUT2D eigenvalue weighted by molar-refractivity contribution is -0.141. The minimum absolute atomic E-state index is 0.0988. The van der Waals surface area contributed by atoms with Gasteiger partial charge in [0.15, 0.2) is 5.69 Å². The van der Waals surface area contributed by atoms with Crippen LogP contribution in [-0.4, -0.2) is 35.6 Å². The molecule has 1 aliphatic heterocycles. The van der Waals surface area contributed by atoms with Gasteiger partial charge >= 0.3 is 6.18 Å². The first-order valence-corrected chi connectivity index (χ1v) is 7.67. The summed E-state index contributed by atoms with van der Waals surface area (Å²) in [6.07, 6.45) is -1.15.